The van der Waals surface area contributed by atoms with Gasteiger partial charge in [0.1, 0.15) is 15.4 Å². The summed E-state index contributed by atoms with van der Waals surface area (Å²) in [7, 11) is -3.00. The second-order valence-corrected chi connectivity index (χ2v) is 10.5. The van der Waals surface area contributed by atoms with E-state index in [0.29, 0.717) is 38.3 Å². The molecule has 0 bridgehead atoms. The van der Waals surface area contributed by atoms with E-state index in [9.17, 15) is 13.2 Å². The van der Waals surface area contributed by atoms with Gasteiger partial charge in [-0.25, -0.2) is 13.2 Å². The molecule has 0 heterocycles. The summed E-state index contributed by atoms with van der Waals surface area (Å²) < 4.78 is 28.1. The van der Waals surface area contributed by atoms with Crippen LogP contribution in [-0.4, -0.2) is 62.8 Å². The molecule has 10 heteroatoms. The van der Waals surface area contributed by atoms with Crippen LogP contribution < -0.4 is 16.0 Å². The Morgan fingerprint density at radius 2 is 1.69 bits per heavy atom. The average molecular weight is 549 g/mol. The first-order valence-electron chi connectivity index (χ1n) is 9.99. The van der Waals surface area contributed by atoms with Crippen LogP contribution in [0.15, 0.2) is 4.99 Å². The lowest BCUT2D eigenvalue weighted by Gasteiger charge is -2.33. The van der Waals surface area contributed by atoms with Gasteiger partial charge < -0.3 is 20.7 Å². The van der Waals surface area contributed by atoms with Crippen LogP contribution in [0.25, 0.3) is 0 Å². The number of halogens is 1. The van der Waals surface area contributed by atoms with Crippen molar-refractivity contribution in [2.45, 2.75) is 84.9 Å². The predicted octanol–water partition coefficient (Wildman–Crippen LogP) is 3.07. The van der Waals surface area contributed by atoms with Crippen molar-refractivity contribution in [2.24, 2.45) is 4.99 Å². The van der Waals surface area contributed by atoms with Gasteiger partial charge >= 0.3 is 6.09 Å². The maximum absolute atomic E-state index is 12.2. The monoisotopic (exact) mass is 548 g/mol. The summed E-state index contributed by atoms with van der Waals surface area (Å²) >= 11 is 0. The van der Waals surface area contributed by atoms with Gasteiger partial charge in [0.05, 0.1) is 17.8 Å². The number of hydrogen-bond donors (Lipinski definition) is 3. The third kappa shape index (κ3) is 14.8. The van der Waals surface area contributed by atoms with E-state index >= 15 is 0 Å². The topological polar surface area (TPSA) is 109 Å². The number of alkyl carbamates (subject to hydrolysis) is 1. The Morgan fingerprint density at radius 1 is 1.14 bits per heavy atom. The number of sulfone groups is 1. The predicted molar refractivity (Wildman–Crippen MR) is 131 cm³/mol. The first kappa shape index (κ1) is 30.4. The van der Waals surface area contributed by atoms with Gasteiger partial charge in [0.15, 0.2) is 5.96 Å². The van der Waals surface area contributed by atoms with Crippen molar-refractivity contribution >= 4 is 45.9 Å². The molecule has 3 N–H and O–H groups in total. The van der Waals surface area contributed by atoms with Crippen LogP contribution in [0.2, 0.25) is 0 Å². The minimum absolute atomic E-state index is 0. The van der Waals surface area contributed by atoms with Gasteiger partial charge in [-0.05, 0) is 53.9 Å². The van der Waals surface area contributed by atoms with Crippen LogP contribution in [0, 0.1) is 0 Å². The van der Waals surface area contributed by atoms with Crippen LogP contribution >= 0.6 is 24.0 Å². The van der Waals surface area contributed by atoms with E-state index < -0.39 is 27.1 Å². The zero-order valence-corrected chi connectivity index (χ0v) is 22.4. The smallest absolute Gasteiger partial charge is 0.408 e. The summed E-state index contributed by atoms with van der Waals surface area (Å²) in [4.78, 5) is 16.9. The van der Waals surface area contributed by atoms with Gasteiger partial charge in [0.25, 0.3) is 0 Å². The van der Waals surface area contributed by atoms with E-state index in [2.05, 4.69) is 20.9 Å². The number of amides is 1. The highest BCUT2D eigenvalue weighted by atomic mass is 127. The molecule has 174 valence electrons. The molecule has 1 amide bonds. The SMILES string of the molecule is CCNC(=NCC(CC)(CC)NC(=O)OC(C)(C)C)NC(C)CCS(C)(=O)=O.I. The third-order valence-corrected chi connectivity index (χ3v) is 5.29. The zero-order chi connectivity index (χ0) is 22.0. The molecule has 1 atom stereocenters. The van der Waals surface area contributed by atoms with Crippen molar-refractivity contribution in [1.29, 1.82) is 0 Å². The van der Waals surface area contributed by atoms with E-state index in [0.717, 1.165) is 0 Å². The number of ether oxygens (including phenoxy) is 1. The van der Waals surface area contributed by atoms with Crippen molar-refractivity contribution in [1.82, 2.24) is 16.0 Å². The maximum Gasteiger partial charge on any atom is 0.408 e. The molecule has 0 aliphatic carbocycles. The van der Waals surface area contributed by atoms with Crippen LogP contribution in [0.1, 0.15) is 67.7 Å². The number of nitrogens with zero attached hydrogens (tertiary/aromatic N) is 1. The number of carbonyl (C=O) groups is 1. The fraction of sp³-hybridized carbons (Fsp3) is 0.895. The van der Waals surface area contributed by atoms with Crippen LogP contribution in [-0.2, 0) is 14.6 Å². The molecule has 0 aromatic rings. The highest BCUT2D eigenvalue weighted by molar-refractivity contribution is 14.0. The minimum atomic E-state index is -3.00. The normalized spacial score (nSPS) is 13.9. The fourth-order valence-corrected chi connectivity index (χ4v) is 3.24. The molecule has 0 aromatic heterocycles. The first-order chi connectivity index (χ1) is 12.8. The summed E-state index contributed by atoms with van der Waals surface area (Å²) in [5, 5.41) is 9.38. The zero-order valence-electron chi connectivity index (χ0n) is 19.2. The molecule has 0 fully saturated rings. The summed E-state index contributed by atoms with van der Waals surface area (Å²) in [5.41, 5.74) is -1.08. The summed E-state index contributed by atoms with van der Waals surface area (Å²) in [5.74, 6) is 0.718. The number of hydrogen-bond acceptors (Lipinski definition) is 5. The van der Waals surface area contributed by atoms with Crippen molar-refractivity contribution in [2.75, 3.05) is 25.1 Å². The third-order valence-electron chi connectivity index (χ3n) is 4.31. The lowest BCUT2D eigenvalue weighted by molar-refractivity contribution is 0.0452. The molecule has 8 nitrogen and oxygen atoms in total. The van der Waals surface area contributed by atoms with E-state index in [1.54, 1.807) is 0 Å². The van der Waals surface area contributed by atoms with Gasteiger partial charge in [0, 0.05) is 18.8 Å². The molecule has 0 aliphatic heterocycles. The lowest BCUT2D eigenvalue weighted by atomic mass is 9.93. The molecule has 0 spiro atoms. The Morgan fingerprint density at radius 3 is 2.10 bits per heavy atom. The number of aliphatic imine (C=N–C) groups is 1. The molecule has 0 saturated carbocycles. The number of rotatable bonds is 10. The number of nitrogens with one attached hydrogen (secondary N) is 3. The molecular weight excluding hydrogens is 507 g/mol. The summed E-state index contributed by atoms with van der Waals surface area (Å²) in [6, 6.07) is -0.0519. The van der Waals surface area contributed by atoms with Crippen LogP contribution in [0.4, 0.5) is 4.79 Å². The van der Waals surface area contributed by atoms with Gasteiger partial charge in [-0.1, -0.05) is 13.8 Å². The van der Waals surface area contributed by atoms with Gasteiger partial charge in [-0.3, -0.25) is 4.99 Å². The van der Waals surface area contributed by atoms with E-state index in [1.165, 1.54) is 6.26 Å². The van der Waals surface area contributed by atoms with E-state index in [-0.39, 0.29) is 35.8 Å². The van der Waals surface area contributed by atoms with Gasteiger partial charge in [-0.2, -0.15) is 0 Å². The quantitative estimate of drug-likeness (QED) is 0.220. The summed E-state index contributed by atoms with van der Waals surface area (Å²) in [6.45, 7) is 14.4. The highest BCUT2D eigenvalue weighted by Crippen LogP contribution is 2.17. The van der Waals surface area contributed by atoms with Crippen molar-refractivity contribution in [3.63, 3.8) is 0 Å². The molecule has 0 aliphatic rings. The average Bonchev–Trinajstić information content (AvgIpc) is 2.54. The molecule has 0 saturated heterocycles. The number of guanidine groups is 1. The van der Waals surface area contributed by atoms with Crippen molar-refractivity contribution in [3.8, 4) is 0 Å². The fourth-order valence-electron chi connectivity index (χ4n) is 2.46. The first-order valence-corrected chi connectivity index (χ1v) is 12.1. The summed E-state index contributed by atoms with van der Waals surface area (Å²) in [6.07, 6.45) is 2.68. The molecule has 0 radical (unpaired) electrons. The van der Waals surface area contributed by atoms with Gasteiger partial charge in [-0.15, -0.1) is 24.0 Å². The Balaban J connectivity index is 0. The Bertz CT molecular complexity index is 614. The lowest BCUT2D eigenvalue weighted by Crippen LogP contribution is -2.52. The standard InChI is InChI=1S/C19H40N4O4S.HI/c1-9-19(10-2,23-17(24)27-18(5,6)7)14-21-16(20-11-3)22-15(4)12-13-28(8,25)26;/h15H,9-14H2,1-8H3,(H,23,24)(H2,20,21,22);1H. The Hall–Kier alpha value is -0.780. The molecule has 0 aromatic carbocycles. The molecule has 1 unspecified atom stereocenters. The Labute approximate surface area is 194 Å². The van der Waals surface area contributed by atoms with Crippen LogP contribution in [0.5, 0.6) is 0 Å². The van der Waals surface area contributed by atoms with Crippen LogP contribution in [0.3, 0.4) is 0 Å². The largest absolute Gasteiger partial charge is 0.444 e. The maximum atomic E-state index is 12.2. The van der Waals surface area contributed by atoms with Gasteiger partial charge in [0.2, 0.25) is 0 Å². The highest BCUT2D eigenvalue weighted by Gasteiger charge is 2.30. The minimum Gasteiger partial charge on any atom is -0.444 e. The van der Waals surface area contributed by atoms with Crippen molar-refractivity contribution < 1.29 is 17.9 Å². The second-order valence-electron chi connectivity index (χ2n) is 8.27. The van der Waals surface area contributed by atoms with Crippen molar-refractivity contribution in [3.05, 3.63) is 0 Å². The molecule has 29 heavy (non-hydrogen) atoms. The Kier molecular flexibility index (Phi) is 14.2. The number of carbonyl (C=O) groups excluding carboxylic acids is 1. The molecular formula is C19H41IN4O4S. The van der Waals surface area contributed by atoms with E-state index in [4.69, 9.17) is 4.74 Å². The second kappa shape index (κ2) is 13.5. The van der Waals surface area contributed by atoms with E-state index in [1.807, 2.05) is 48.5 Å². The molecule has 0 rings (SSSR count).